The third-order valence-corrected chi connectivity index (χ3v) is 4.73. The van der Waals surface area contributed by atoms with Crippen molar-refractivity contribution in [1.82, 2.24) is 4.90 Å². The van der Waals surface area contributed by atoms with Gasteiger partial charge in [-0.25, -0.2) is 0 Å². The number of hydrogen-bond acceptors (Lipinski definition) is 1. The monoisotopic (exact) mass is 269 g/mol. The summed E-state index contributed by atoms with van der Waals surface area (Å²) >= 11 is 0. The third-order valence-electron chi connectivity index (χ3n) is 4.73. The molecule has 2 bridgehead atoms. The van der Waals surface area contributed by atoms with Crippen molar-refractivity contribution < 1.29 is 4.79 Å². The lowest BCUT2D eigenvalue weighted by Gasteiger charge is -2.25. The van der Waals surface area contributed by atoms with Gasteiger partial charge in [0.15, 0.2) is 0 Å². The first-order chi connectivity index (χ1) is 9.63. The number of benzene rings is 1. The van der Waals surface area contributed by atoms with Crippen LogP contribution in [-0.2, 0) is 0 Å². The molecule has 0 radical (unpaired) electrons. The SMILES string of the molecule is CC1=CCC2CC(CC1)N(C(=O)c1ccc(C)cc1)C2. The Labute approximate surface area is 121 Å². The van der Waals surface area contributed by atoms with Crippen LogP contribution in [0.1, 0.15) is 48.5 Å². The molecule has 2 aliphatic rings. The van der Waals surface area contributed by atoms with Crippen LogP contribution < -0.4 is 0 Å². The van der Waals surface area contributed by atoms with Crippen molar-refractivity contribution in [1.29, 1.82) is 0 Å². The van der Waals surface area contributed by atoms with Gasteiger partial charge in [-0.15, -0.1) is 0 Å². The van der Waals surface area contributed by atoms with E-state index in [9.17, 15) is 4.79 Å². The predicted octanol–water partition coefficient (Wildman–Crippen LogP) is 3.96. The lowest BCUT2D eigenvalue weighted by Crippen LogP contribution is -2.35. The summed E-state index contributed by atoms with van der Waals surface area (Å²) in [6.45, 7) is 5.21. The van der Waals surface area contributed by atoms with Crippen molar-refractivity contribution in [3.05, 3.63) is 47.0 Å². The first-order valence-corrected chi connectivity index (χ1v) is 7.67. The summed E-state index contributed by atoms with van der Waals surface area (Å²) in [4.78, 5) is 14.8. The highest BCUT2D eigenvalue weighted by molar-refractivity contribution is 5.94. The maximum atomic E-state index is 12.7. The van der Waals surface area contributed by atoms with E-state index in [1.54, 1.807) is 0 Å². The second-order valence-corrected chi connectivity index (χ2v) is 6.40. The standard InChI is InChI=1S/C18H23NO/c1-13-3-7-15-11-17(10-6-13)19(12-15)18(20)16-8-4-14(2)5-9-16/h3-5,8-9,15,17H,6-7,10-12H2,1-2H3. The molecule has 3 rings (SSSR count). The molecule has 2 nitrogen and oxygen atoms in total. The van der Waals surface area contributed by atoms with Gasteiger partial charge in [0, 0.05) is 18.2 Å². The third kappa shape index (κ3) is 2.65. The average Bonchev–Trinajstić information content (AvgIpc) is 2.86. The van der Waals surface area contributed by atoms with Gasteiger partial charge in [-0.2, -0.15) is 0 Å². The summed E-state index contributed by atoms with van der Waals surface area (Å²) in [6.07, 6.45) is 6.95. The van der Waals surface area contributed by atoms with Crippen LogP contribution in [0.25, 0.3) is 0 Å². The molecule has 0 aromatic heterocycles. The van der Waals surface area contributed by atoms with Gasteiger partial charge in [0.2, 0.25) is 0 Å². The Morgan fingerprint density at radius 3 is 2.70 bits per heavy atom. The van der Waals surface area contributed by atoms with Crippen molar-refractivity contribution in [2.45, 2.75) is 45.6 Å². The van der Waals surface area contributed by atoms with Crippen LogP contribution in [-0.4, -0.2) is 23.4 Å². The first kappa shape index (κ1) is 13.4. The summed E-state index contributed by atoms with van der Waals surface area (Å²) in [5.41, 5.74) is 3.53. The summed E-state index contributed by atoms with van der Waals surface area (Å²) in [6, 6.07) is 8.42. The molecule has 1 saturated heterocycles. The Morgan fingerprint density at radius 1 is 1.20 bits per heavy atom. The molecular formula is C18H23NO. The van der Waals surface area contributed by atoms with Crippen LogP contribution in [0.2, 0.25) is 0 Å². The highest BCUT2D eigenvalue weighted by Crippen LogP contribution is 2.33. The average molecular weight is 269 g/mol. The number of carbonyl (C=O) groups is 1. The highest BCUT2D eigenvalue weighted by atomic mass is 16.2. The van der Waals surface area contributed by atoms with Gasteiger partial charge in [0.25, 0.3) is 5.91 Å². The topological polar surface area (TPSA) is 20.3 Å². The highest BCUT2D eigenvalue weighted by Gasteiger charge is 2.35. The maximum Gasteiger partial charge on any atom is 0.254 e. The van der Waals surface area contributed by atoms with Crippen LogP contribution >= 0.6 is 0 Å². The number of fused-ring (bicyclic) bond motifs is 2. The number of carbonyl (C=O) groups excluding carboxylic acids is 1. The van der Waals surface area contributed by atoms with E-state index >= 15 is 0 Å². The molecule has 1 heterocycles. The molecule has 0 saturated carbocycles. The van der Waals surface area contributed by atoms with Gasteiger partial charge in [-0.05, 0) is 57.6 Å². The van der Waals surface area contributed by atoms with Gasteiger partial charge in [-0.3, -0.25) is 4.79 Å². The lowest BCUT2D eigenvalue weighted by atomic mass is 9.93. The second kappa shape index (κ2) is 5.43. The minimum Gasteiger partial charge on any atom is -0.335 e. The van der Waals surface area contributed by atoms with Gasteiger partial charge in [-0.1, -0.05) is 29.3 Å². The van der Waals surface area contributed by atoms with Crippen molar-refractivity contribution in [2.75, 3.05) is 6.54 Å². The number of likely N-dealkylation sites (tertiary alicyclic amines) is 1. The number of hydrogen-bond donors (Lipinski definition) is 0. The van der Waals surface area contributed by atoms with E-state index in [4.69, 9.17) is 0 Å². The Bertz CT molecular complexity index is 529. The van der Waals surface area contributed by atoms with Gasteiger partial charge in [0.05, 0.1) is 0 Å². The lowest BCUT2D eigenvalue weighted by molar-refractivity contribution is 0.0727. The van der Waals surface area contributed by atoms with Crippen LogP contribution in [0.4, 0.5) is 0 Å². The van der Waals surface area contributed by atoms with Crippen molar-refractivity contribution in [3.63, 3.8) is 0 Å². The fourth-order valence-electron chi connectivity index (χ4n) is 3.43. The number of rotatable bonds is 1. The molecule has 1 amide bonds. The zero-order valence-electron chi connectivity index (χ0n) is 12.4. The van der Waals surface area contributed by atoms with E-state index < -0.39 is 0 Å². The molecule has 0 spiro atoms. The maximum absolute atomic E-state index is 12.7. The van der Waals surface area contributed by atoms with E-state index in [1.165, 1.54) is 17.6 Å². The first-order valence-electron chi connectivity index (χ1n) is 7.67. The Morgan fingerprint density at radius 2 is 1.95 bits per heavy atom. The zero-order valence-corrected chi connectivity index (χ0v) is 12.4. The van der Waals surface area contributed by atoms with Gasteiger partial charge < -0.3 is 4.90 Å². The van der Waals surface area contributed by atoms with E-state index in [1.807, 2.05) is 24.3 Å². The van der Waals surface area contributed by atoms with Crippen LogP contribution in [0, 0.1) is 12.8 Å². The summed E-state index contributed by atoms with van der Waals surface area (Å²) in [5, 5.41) is 0. The molecule has 1 aromatic carbocycles. The quantitative estimate of drug-likeness (QED) is 0.707. The number of allylic oxidation sites excluding steroid dienone is 2. The Balaban J connectivity index is 1.78. The molecule has 0 N–H and O–H groups in total. The zero-order chi connectivity index (χ0) is 14.1. The number of amides is 1. The molecule has 106 valence electrons. The van der Waals surface area contributed by atoms with E-state index in [-0.39, 0.29) is 5.91 Å². The molecule has 2 heteroatoms. The van der Waals surface area contributed by atoms with Gasteiger partial charge >= 0.3 is 0 Å². The fraction of sp³-hybridized carbons (Fsp3) is 0.500. The summed E-state index contributed by atoms with van der Waals surface area (Å²) < 4.78 is 0. The number of aryl methyl sites for hydroxylation is 1. The van der Waals surface area contributed by atoms with E-state index in [2.05, 4.69) is 24.8 Å². The molecule has 1 aliphatic heterocycles. The Kier molecular flexibility index (Phi) is 3.64. The van der Waals surface area contributed by atoms with E-state index in [0.717, 1.165) is 31.4 Å². The smallest absolute Gasteiger partial charge is 0.254 e. The van der Waals surface area contributed by atoms with Crippen molar-refractivity contribution in [2.24, 2.45) is 5.92 Å². The van der Waals surface area contributed by atoms with E-state index in [0.29, 0.717) is 12.0 Å². The molecule has 1 aromatic rings. The van der Waals surface area contributed by atoms with Crippen LogP contribution in [0.15, 0.2) is 35.9 Å². The number of nitrogens with zero attached hydrogens (tertiary/aromatic N) is 1. The minimum absolute atomic E-state index is 0.219. The van der Waals surface area contributed by atoms with Crippen molar-refractivity contribution in [3.8, 4) is 0 Å². The normalized spacial score (nSPS) is 25.9. The largest absolute Gasteiger partial charge is 0.335 e. The van der Waals surface area contributed by atoms with Crippen LogP contribution in [0.5, 0.6) is 0 Å². The molecular weight excluding hydrogens is 246 g/mol. The Hall–Kier alpha value is -1.57. The molecule has 20 heavy (non-hydrogen) atoms. The van der Waals surface area contributed by atoms with Gasteiger partial charge in [0.1, 0.15) is 0 Å². The van der Waals surface area contributed by atoms with Crippen molar-refractivity contribution >= 4 is 5.91 Å². The molecule has 1 aliphatic carbocycles. The summed E-state index contributed by atoms with van der Waals surface area (Å²) in [5.74, 6) is 0.877. The second-order valence-electron chi connectivity index (χ2n) is 6.40. The fourth-order valence-corrected chi connectivity index (χ4v) is 3.43. The molecule has 2 unspecified atom stereocenters. The predicted molar refractivity (Wildman–Crippen MR) is 81.7 cm³/mol. The minimum atomic E-state index is 0.219. The summed E-state index contributed by atoms with van der Waals surface area (Å²) in [7, 11) is 0. The van der Waals surface area contributed by atoms with Crippen LogP contribution in [0.3, 0.4) is 0 Å². The molecule has 2 atom stereocenters. The molecule has 1 fully saturated rings.